The number of nitrogens with one attached hydrogen (secondary N) is 1. The molecule has 0 atom stereocenters. The van der Waals surface area contributed by atoms with Gasteiger partial charge in [-0.05, 0) is 51.1 Å². The molecule has 5 rings (SSSR count). The highest BCUT2D eigenvalue weighted by Gasteiger charge is 2.19. The first-order valence-corrected chi connectivity index (χ1v) is 9.57. The molecule has 3 aromatic heterocycles. The first-order valence-electron chi connectivity index (χ1n) is 9.57. The fourth-order valence-corrected chi connectivity index (χ4v) is 4.05. The second-order valence-electron chi connectivity index (χ2n) is 7.48. The Labute approximate surface area is 164 Å². The Morgan fingerprint density at radius 2 is 1.90 bits per heavy atom. The topological polar surface area (TPSA) is 64.2 Å². The van der Waals surface area contributed by atoms with Crippen LogP contribution in [0.4, 0.5) is 8.78 Å². The molecule has 0 saturated carbocycles. The molecule has 6 nitrogen and oxygen atoms in total. The van der Waals surface area contributed by atoms with Gasteiger partial charge in [0.1, 0.15) is 5.82 Å². The number of aromatic nitrogens is 4. The molecular formula is C21H19F2N5O. The van der Waals surface area contributed by atoms with Crippen LogP contribution in [-0.2, 0) is 0 Å². The van der Waals surface area contributed by atoms with Crippen molar-refractivity contribution >= 4 is 16.6 Å². The number of pyridine rings is 1. The summed E-state index contributed by atoms with van der Waals surface area (Å²) in [5, 5.41) is 3.49. The van der Waals surface area contributed by atoms with E-state index in [1.54, 1.807) is 23.9 Å². The zero-order chi connectivity index (χ0) is 20.1. The van der Waals surface area contributed by atoms with Gasteiger partial charge in [0.2, 0.25) is 0 Å². The molecule has 1 fully saturated rings. The molecule has 148 valence electrons. The van der Waals surface area contributed by atoms with E-state index in [4.69, 9.17) is 0 Å². The largest absolute Gasteiger partial charge is 0.317 e. The Balaban J connectivity index is 1.64. The summed E-state index contributed by atoms with van der Waals surface area (Å²) in [6, 6.07) is 4.02. The van der Waals surface area contributed by atoms with Crippen molar-refractivity contribution in [1.82, 2.24) is 24.3 Å². The van der Waals surface area contributed by atoms with E-state index in [1.807, 2.05) is 0 Å². The van der Waals surface area contributed by atoms with Crippen LogP contribution in [0.15, 0.2) is 41.7 Å². The van der Waals surface area contributed by atoms with E-state index in [1.165, 1.54) is 28.9 Å². The Morgan fingerprint density at radius 3 is 2.69 bits per heavy atom. The molecule has 8 heteroatoms. The average molecular weight is 395 g/mol. The fourth-order valence-electron chi connectivity index (χ4n) is 4.05. The summed E-state index contributed by atoms with van der Waals surface area (Å²) >= 11 is 0. The van der Waals surface area contributed by atoms with E-state index in [2.05, 4.69) is 15.3 Å². The van der Waals surface area contributed by atoms with Crippen molar-refractivity contribution in [3.8, 4) is 11.1 Å². The van der Waals surface area contributed by atoms with E-state index in [9.17, 15) is 13.6 Å². The molecule has 0 radical (unpaired) electrons. The maximum Gasteiger partial charge on any atom is 0.261 e. The monoisotopic (exact) mass is 395 g/mol. The van der Waals surface area contributed by atoms with Crippen molar-refractivity contribution in [2.45, 2.75) is 25.8 Å². The molecule has 29 heavy (non-hydrogen) atoms. The maximum absolute atomic E-state index is 15.0. The minimum Gasteiger partial charge on any atom is -0.317 e. The smallest absolute Gasteiger partial charge is 0.261 e. The number of nitrogens with zero attached hydrogens (tertiary/aromatic N) is 4. The lowest BCUT2D eigenvalue weighted by molar-refractivity contribution is 0.359. The lowest BCUT2D eigenvalue weighted by atomic mass is 10.0. The van der Waals surface area contributed by atoms with Crippen molar-refractivity contribution in [3.63, 3.8) is 0 Å². The van der Waals surface area contributed by atoms with Crippen molar-refractivity contribution in [2.24, 2.45) is 0 Å². The van der Waals surface area contributed by atoms with Crippen LogP contribution in [-0.4, -0.2) is 32.0 Å². The SMILES string of the molecule is Cc1cn2cc(-c3cc4ncn(C5CCNCC5)c(=O)c4cc3F)cc(F)c2n1. The van der Waals surface area contributed by atoms with Gasteiger partial charge in [-0.15, -0.1) is 0 Å². The second kappa shape index (κ2) is 6.73. The van der Waals surface area contributed by atoms with Crippen molar-refractivity contribution in [2.75, 3.05) is 13.1 Å². The van der Waals surface area contributed by atoms with Crippen LogP contribution in [0.5, 0.6) is 0 Å². The number of imidazole rings is 1. The predicted octanol–water partition coefficient (Wildman–Crippen LogP) is 3.22. The standard InChI is InChI=1S/C21H19F2N5O/c1-12-9-27-10-13(6-18(23)20(27)26-12)15-8-19-16(7-17(15)22)21(29)28(11-25-19)14-2-4-24-5-3-14/h6-11,14,24H,2-5H2,1H3. The van der Waals surface area contributed by atoms with Crippen molar-refractivity contribution in [3.05, 3.63) is 64.6 Å². The molecule has 1 N–H and O–H groups in total. The predicted molar refractivity (Wildman–Crippen MR) is 106 cm³/mol. The third-order valence-electron chi connectivity index (χ3n) is 5.51. The van der Waals surface area contributed by atoms with Gasteiger partial charge in [0.05, 0.1) is 22.9 Å². The van der Waals surface area contributed by atoms with Crippen LogP contribution in [0.25, 0.3) is 27.7 Å². The number of halogens is 2. The van der Waals surface area contributed by atoms with Crippen LogP contribution >= 0.6 is 0 Å². The molecule has 1 aliphatic heterocycles. The summed E-state index contributed by atoms with van der Waals surface area (Å²) in [4.78, 5) is 21.4. The Hall–Kier alpha value is -3.13. The highest BCUT2D eigenvalue weighted by atomic mass is 19.1. The van der Waals surface area contributed by atoms with Crippen LogP contribution in [0.1, 0.15) is 24.6 Å². The normalized spacial score (nSPS) is 15.4. The number of rotatable bonds is 2. The highest BCUT2D eigenvalue weighted by Crippen LogP contribution is 2.28. The maximum atomic E-state index is 15.0. The zero-order valence-electron chi connectivity index (χ0n) is 15.8. The summed E-state index contributed by atoms with van der Waals surface area (Å²) in [5.74, 6) is -1.13. The van der Waals surface area contributed by atoms with Gasteiger partial charge in [-0.1, -0.05) is 0 Å². The van der Waals surface area contributed by atoms with Crippen molar-refractivity contribution in [1.29, 1.82) is 0 Å². The molecule has 0 unspecified atom stereocenters. The van der Waals surface area contributed by atoms with Gasteiger partial charge in [-0.3, -0.25) is 9.36 Å². The lowest BCUT2D eigenvalue weighted by Gasteiger charge is -2.24. The van der Waals surface area contributed by atoms with Gasteiger partial charge < -0.3 is 9.72 Å². The van der Waals surface area contributed by atoms with Gasteiger partial charge in [-0.2, -0.15) is 0 Å². The first kappa shape index (κ1) is 17.9. The average Bonchev–Trinajstić information content (AvgIpc) is 3.10. The quantitative estimate of drug-likeness (QED) is 0.566. The summed E-state index contributed by atoms with van der Waals surface area (Å²) < 4.78 is 32.5. The summed E-state index contributed by atoms with van der Waals surface area (Å²) in [6.07, 6.45) is 6.50. The van der Waals surface area contributed by atoms with E-state index in [0.29, 0.717) is 16.8 Å². The van der Waals surface area contributed by atoms with E-state index in [0.717, 1.165) is 25.9 Å². The Bertz CT molecular complexity index is 1300. The summed E-state index contributed by atoms with van der Waals surface area (Å²) in [5.41, 5.74) is 1.54. The number of fused-ring (bicyclic) bond motifs is 2. The molecular weight excluding hydrogens is 376 g/mol. The molecule has 4 aromatic rings. The minimum absolute atomic E-state index is 0.0596. The lowest BCUT2D eigenvalue weighted by Crippen LogP contribution is -2.34. The van der Waals surface area contributed by atoms with E-state index < -0.39 is 11.6 Å². The van der Waals surface area contributed by atoms with E-state index >= 15 is 0 Å². The summed E-state index contributed by atoms with van der Waals surface area (Å²) in [7, 11) is 0. The van der Waals surface area contributed by atoms with Gasteiger partial charge in [0.25, 0.3) is 5.56 Å². The first-order chi connectivity index (χ1) is 14.0. The van der Waals surface area contributed by atoms with E-state index in [-0.39, 0.29) is 28.2 Å². The Kier molecular flexibility index (Phi) is 4.16. The molecule has 4 heterocycles. The van der Waals surface area contributed by atoms with Crippen LogP contribution < -0.4 is 10.9 Å². The van der Waals surface area contributed by atoms with Crippen molar-refractivity contribution < 1.29 is 8.78 Å². The molecule has 1 saturated heterocycles. The molecule has 0 aliphatic carbocycles. The number of piperidine rings is 1. The number of benzene rings is 1. The minimum atomic E-state index is -0.588. The third-order valence-corrected chi connectivity index (χ3v) is 5.51. The highest BCUT2D eigenvalue weighted by molar-refractivity contribution is 5.84. The summed E-state index contributed by atoms with van der Waals surface area (Å²) in [6.45, 7) is 3.44. The van der Waals surface area contributed by atoms with Gasteiger partial charge >= 0.3 is 0 Å². The zero-order valence-corrected chi connectivity index (χ0v) is 15.8. The van der Waals surface area contributed by atoms with Gasteiger partial charge in [-0.25, -0.2) is 18.7 Å². The third kappa shape index (κ3) is 3.00. The fraction of sp³-hybridized carbons (Fsp3) is 0.286. The molecule has 0 spiro atoms. The Morgan fingerprint density at radius 1 is 1.10 bits per heavy atom. The molecule has 0 amide bonds. The second-order valence-corrected chi connectivity index (χ2v) is 7.48. The van der Waals surface area contributed by atoms with Crippen LogP contribution in [0, 0.1) is 18.6 Å². The van der Waals surface area contributed by atoms with Gasteiger partial charge in [0, 0.05) is 29.6 Å². The molecule has 1 aromatic carbocycles. The van der Waals surface area contributed by atoms with Crippen LogP contribution in [0.2, 0.25) is 0 Å². The van der Waals surface area contributed by atoms with Crippen LogP contribution in [0.3, 0.4) is 0 Å². The number of aryl methyl sites for hydroxylation is 1. The van der Waals surface area contributed by atoms with Gasteiger partial charge in [0.15, 0.2) is 11.5 Å². The molecule has 1 aliphatic rings. The molecule has 0 bridgehead atoms. The number of hydrogen-bond donors (Lipinski definition) is 1. The number of hydrogen-bond acceptors (Lipinski definition) is 4.